The van der Waals surface area contributed by atoms with Crippen LogP contribution >= 0.6 is 0 Å². The monoisotopic (exact) mass is 401 g/mol. The molecule has 3 aromatic rings. The van der Waals surface area contributed by atoms with E-state index in [9.17, 15) is 14.4 Å². The van der Waals surface area contributed by atoms with Crippen molar-refractivity contribution in [3.05, 3.63) is 88.8 Å². The number of benzene rings is 2. The van der Waals surface area contributed by atoms with E-state index in [1.165, 1.54) is 5.01 Å². The Kier molecular flexibility index (Phi) is 4.71. The Morgan fingerprint density at radius 1 is 0.967 bits per heavy atom. The van der Waals surface area contributed by atoms with Crippen molar-refractivity contribution in [1.29, 1.82) is 0 Å². The number of carboxylic acids is 1. The standard InChI is InChI=1S/C23H19N3O4/c1-14-12-17(15(2)25(14)18-10-8-16(9-11-18)23(29)30)13-20-21(27)24-26(22(20)28)19-6-4-3-5-7-19/h3-13H,1-2H3,(H,24,27)(H,29,30). The molecule has 1 fully saturated rings. The summed E-state index contributed by atoms with van der Waals surface area (Å²) in [5.41, 5.74) is 6.71. The lowest BCUT2D eigenvalue weighted by atomic mass is 10.1. The summed E-state index contributed by atoms with van der Waals surface area (Å²) in [6, 6.07) is 17.3. The molecule has 0 radical (unpaired) electrons. The van der Waals surface area contributed by atoms with Gasteiger partial charge in [0.15, 0.2) is 0 Å². The molecule has 0 spiro atoms. The van der Waals surface area contributed by atoms with E-state index in [4.69, 9.17) is 5.11 Å². The van der Waals surface area contributed by atoms with E-state index in [-0.39, 0.29) is 11.1 Å². The van der Waals surface area contributed by atoms with Gasteiger partial charge in [0.05, 0.1) is 11.3 Å². The van der Waals surface area contributed by atoms with Gasteiger partial charge in [0.1, 0.15) is 5.57 Å². The van der Waals surface area contributed by atoms with Gasteiger partial charge >= 0.3 is 5.97 Å². The Bertz CT molecular complexity index is 1190. The molecule has 2 amide bonds. The first kappa shape index (κ1) is 19.2. The number of aromatic carboxylic acids is 1. The second-order valence-corrected chi connectivity index (χ2v) is 6.99. The first-order valence-corrected chi connectivity index (χ1v) is 9.31. The van der Waals surface area contributed by atoms with Gasteiger partial charge < -0.3 is 9.67 Å². The highest BCUT2D eigenvalue weighted by atomic mass is 16.4. The lowest BCUT2D eigenvalue weighted by molar-refractivity contribution is -0.117. The van der Waals surface area contributed by atoms with Gasteiger partial charge in [-0.05, 0) is 68.0 Å². The van der Waals surface area contributed by atoms with Crippen LogP contribution in [0.15, 0.2) is 66.2 Å². The lowest BCUT2D eigenvalue weighted by Crippen LogP contribution is -2.35. The maximum atomic E-state index is 12.8. The number of nitrogens with zero attached hydrogens (tertiary/aromatic N) is 2. The normalized spacial score (nSPS) is 15.0. The number of nitrogens with one attached hydrogen (secondary N) is 1. The van der Waals surface area contributed by atoms with E-state index >= 15 is 0 Å². The fraction of sp³-hybridized carbons (Fsp3) is 0.0870. The molecule has 4 rings (SSSR count). The molecule has 1 aliphatic rings. The number of aromatic nitrogens is 1. The van der Waals surface area contributed by atoms with Crippen LogP contribution in [0.25, 0.3) is 11.8 Å². The molecule has 1 saturated heterocycles. The van der Waals surface area contributed by atoms with Crippen molar-refractivity contribution in [2.75, 3.05) is 5.01 Å². The number of hydrogen-bond acceptors (Lipinski definition) is 3. The highest BCUT2D eigenvalue weighted by Crippen LogP contribution is 2.26. The van der Waals surface area contributed by atoms with Gasteiger partial charge in [-0.25, -0.2) is 9.80 Å². The van der Waals surface area contributed by atoms with Crippen LogP contribution in [0.2, 0.25) is 0 Å². The lowest BCUT2D eigenvalue weighted by Gasteiger charge is -2.13. The van der Waals surface area contributed by atoms with Crippen LogP contribution in [0.3, 0.4) is 0 Å². The molecule has 1 aliphatic heterocycles. The molecule has 0 atom stereocenters. The third-order valence-electron chi connectivity index (χ3n) is 5.05. The summed E-state index contributed by atoms with van der Waals surface area (Å²) in [5.74, 6) is -1.86. The Morgan fingerprint density at radius 3 is 2.27 bits per heavy atom. The molecule has 7 heteroatoms. The van der Waals surface area contributed by atoms with Gasteiger partial charge in [0.2, 0.25) is 0 Å². The molecule has 30 heavy (non-hydrogen) atoms. The number of rotatable bonds is 4. The molecule has 0 unspecified atom stereocenters. The zero-order valence-electron chi connectivity index (χ0n) is 16.4. The van der Waals surface area contributed by atoms with Crippen LogP contribution in [0.1, 0.15) is 27.3 Å². The summed E-state index contributed by atoms with van der Waals surface area (Å²) >= 11 is 0. The highest BCUT2D eigenvalue weighted by Gasteiger charge is 2.34. The summed E-state index contributed by atoms with van der Waals surface area (Å²) in [5, 5.41) is 10.3. The number of hydrogen-bond donors (Lipinski definition) is 2. The maximum Gasteiger partial charge on any atom is 0.335 e. The van der Waals surface area contributed by atoms with Gasteiger partial charge in [0, 0.05) is 17.1 Å². The summed E-state index contributed by atoms with van der Waals surface area (Å²) in [6.07, 6.45) is 1.59. The Labute approximate surface area is 172 Å². The van der Waals surface area contributed by atoms with Gasteiger partial charge in [-0.15, -0.1) is 0 Å². The Hall–Kier alpha value is -4.13. The first-order valence-electron chi connectivity index (χ1n) is 9.31. The number of carbonyl (C=O) groups is 3. The van der Waals surface area contributed by atoms with Crippen LogP contribution in [0, 0.1) is 13.8 Å². The predicted octanol–water partition coefficient (Wildman–Crippen LogP) is 3.25. The number of carbonyl (C=O) groups excluding carboxylic acids is 2. The van der Waals surface area contributed by atoms with Crippen molar-refractivity contribution >= 4 is 29.5 Å². The van der Waals surface area contributed by atoms with Crippen LogP contribution in [-0.2, 0) is 9.59 Å². The van der Waals surface area contributed by atoms with Crippen molar-refractivity contribution in [3.8, 4) is 5.69 Å². The molecular weight excluding hydrogens is 382 g/mol. The summed E-state index contributed by atoms with van der Waals surface area (Å²) in [7, 11) is 0. The minimum atomic E-state index is -0.985. The summed E-state index contributed by atoms with van der Waals surface area (Å²) in [6.45, 7) is 3.80. The molecule has 2 aromatic carbocycles. The third-order valence-corrected chi connectivity index (χ3v) is 5.05. The topological polar surface area (TPSA) is 91.6 Å². The van der Waals surface area contributed by atoms with E-state index in [1.54, 1.807) is 54.6 Å². The molecular formula is C23H19N3O4. The zero-order valence-corrected chi connectivity index (χ0v) is 16.4. The van der Waals surface area contributed by atoms with Crippen LogP contribution in [0.4, 0.5) is 5.69 Å². The molecule has 1 aromatic heterocycles. The molecule has 0 aliphatic carbocycles. The fourth-order valence-corrected chi connectivity index (χ4v) is 3.56. The number of amides is 2. The predicted molar refractivity (Wildman–Crippen MR) is 112 cm³/mol. The number of hydrazine groups is 1. The second-order valence-electron chi connectivity index (χ2n) is 6.99. The fourth-order valence-electron chi connectivity index (χ4n) is 3.56. The van der Waals surface area contributed by atoms with Gasteiger partial charge in [0.25, 0.3) is 11.8 Å². The van der Waals surface area contributed by atoms with Gasteiger partial charge in [-0.2, -0.15) is 0 Å². The van der Waals surface area contributed by atoms with E-state index in [1.807, 2.05) is 30.5 Å². The average Bonchev–Trinajstić information content (AvgIpc) is 3.18. The number of aryl methyl sites for hydroxylation is 1. The van der Waals surface area contributed by atoms with E-state index in [0.29, 0.717) is 5.69 Å². The average molecular weight is 401 g/mol. The van der Waals surface area contributed by atoms with E-state index in [0.717, 1.165) is 22.6 Å². The van der Waals surface area contributed by atoms with E-state index in [2.05, 4.69) is 5.43 Å². The highest BCUT2D eigenvalue weighted by molar-refractivity contribution is 6.31. The van der Waals surface area contributed by atoms with Crippen LogP contribution in [0.5, 0.6) is 0 Å². The minimum absolute atomic E-state index is 0.0559. The second kappa shape index (κ2) is 7.36. The van der Waals surface area contributed by atoms with Gasteiger partial charge in [-0.3, -0.25) is 15.0 Å². The molecule has 2 N–H and O–H groups in total. The van der Waals surface area contributed by atoms with Crippen molar-refractivity contribution in [3.63, 3.8) is 0 Å². The minimum Gasteiger partial charge on any atom is -0.478 e. The molecule has 150 valence electrons. The molecule has 0 saturated carbocycles. The number of anilines is 1. The van der Waals surface area contributed by atoms with Crippen molar-refractivity contribution in [1.82, 2.24) is 9.99 Å². The number of para-hydroxylation sites is 1. The molecule has 2 heterocycles. The maximum absolute atomic E-state index is 12.8. The van der Waals surface area contributed by atoms with Crippen molar-refractivity contribution in [2.45, 2.75) is 13.8 Å². The quantitative estimate of drug-likeness (QED) is 0.519. The third kappa shape index (κ3) is 3.26. The molecule has 0 bridgehead atoms. The molecule has 7 nitrogen and oxygen atoms in total. The van der Waals surface area contributed by atoms with Crippen LogP contribution < -0.4 is 10.4 Å². The Balaban J connectivity index is 1.69. The van der Waals surface area contributed by atoms with E-state index < -0.39 is 17.8 Å². The summed E-state index contributed by atoms with van der Waals surface area (Å²) in [4.78, 5) is 36.3. The SMILES string of the molecule is Cc1cc(C=C2C(=O)NN(c3ccccc3)C2=O)c(C)n1-c1ccc(C(=O)O)cc1. The van der Waals surface area contributed by atoms with Crippen molar-refractivity contribution < 1.29 is 19.5 Å². The number of carboxylic acid groups (broad SMARTS) is 1. The van der Waals surface area contributed by atoms with Crippen molar-refractivity contribution in [2.24, 2.45) is 0 Å². The van der Waals surface area contributed by atoms with Crippen LogP contribution in [-0.4, -0.2) is 27.5 Å². The largest absolute Gasteiger partial charge is 0.478 e. The Morgan fingerprint density at radius 2 is 1.63 bits per heavy atom. The first-order chi connectivity index (χ1) is 14.4. The zero-order chi connectivity index (χ0) is 21.4. The smallest absolute Gasteiger partial charge is 0.335 e. The summed E-state index contributed by atoms with van der Waals surface area (Å²) < 4.78 is 1.95. The van der Waals surface area contributed by atoms with Gasteiger partial charge in [-0.1, -0.05) is 18.2 Å².